The van der Waals surface area contributed by atoms with Crippen molar-refractivity contribution in [1.29, 1.82) is 0 Å². The summed E-state index contributed by atoms with van der Waals surface area (Å²) in [5, 5.41) is 2.88. The third-order valence-corrected chi connectivity index (χ3v) is 6.62. The zero-order chi connectivity index (χ0) is 23.4. The highest BCUT2D eigenvalue weighted by atomic mass is 19.1. The van der Waals surface area contributed by atoms with Crippen LogP contribution in [0.4, 0.5) is 10.1 Å². The molecule has 9 heteroatoms. The lowest BCUT2D eigenvalue weighted by Crippen LogP contribution is -2.55. The van der Waals surface area contributed by atoms with Crippen LogP contribution in [0.25, 0.3) is 0 Å². The molecule has 174 valence electrons. The Kier molecular flexibility index (Phi) is 7.48. The fraction of sp³-hybridized carbons (Fsp3) is 0.565. The Hall–Kier alpha value is -2.97. The number of hydrogen-bond donors (Lipinski definition) is 2. The van der Waals surface area contributed by atoms with Crippen LogP contribution in [0.3, 0.4) is 0 Å². The van der Waals surface area contributed by atoms with Crippen molar-refractivity contribution in [2.45, 2.75) is 45.6 Å². The van der Waals surface area contributed by atoms with E-state index >= 15 is 0 Å². The maximum Gasteiger partial charge on any atom is 0.245 e. The normalized spacial score (nSPS) is 21.3. The van der Waals surface area contributed by atoms with Crippen LogP contribution < -0.4 is 16.0 Å². The molecular weight excluding hydrogens is 415 g/mol. The van der Waals surface area contributed by atoms with Gasteiger partial charge in [0.1, 0.15) is 11.9 Å². The molecule has 2 unspecified atom stereocenters. The second-order valence-electron chi connectivity index (χ2n) is 8.76. The number of primary amides is 1. The Labute approximate surface area is 187 Å². The first-order valence-corrected chi connectivity index (χ1v) is 11.2. The van der Waals surface area contributed by atoms with E-state index in [1.807, 2.05) is 13.8 Å². The number of benzene rings is 1. The van der Waals surface area contributed by atoms with Gasteiger partial charge in [0.15, 0.2) is 0 Å². The molecular formula is C23H31FN4O4. The van der Waals surface area contributed by atoms with Crippen LogP contribution in [0.1, 0.15) is 39.5 Å². The number of nitrogens with one attached hydrogen (secondary N) is 1. The lowest BCUT2D eigenvalue weighted by atomic mass is 9.93. The molecule has 0 saturated carbocycles. The highest BCUT2D eigenvalue weighted by Crippen LogP contribution is 2.26. The second kappa shape index (κ2) is 10.1. The summed E-state index contributed by atoms with van der Waals surface area (Å²) in [6, 6.07) is 4.86. The van der Waals surface area contributed by atoms with Crippen LogP contribution >= 0.6 is 0 Å². The Morgan fingerprint density at radius 2 is 1.78 bits per heavy atom. The van der Waals surface area contributed by atoms with Gasteiger partial charge in [-0.2, -0.15) is 0 Å². The number of nitrogens with two attached hydrogens (primary N) is 1. The fourth-order valence-electron chi connectivity index (χ4n) is 4.29. The van der Waals surface area contributed by atoms with E-state index in [1.165, 1.54) is 29.2 Å². The monoisotopic (exact) mass is 446 g/mol. The molecule has 3 N–H and O–H groups in total. The molecule has 1 aromatic rings. The summed E-state index contributed by atoms with van der Waals surface area (Å²) in [4.78, 5) is 53.2. The third-order valence-electron chi connectivity index (χ3n) is 6.62. The maximum atomic E-state index is 13.2. The quantitative estimate of drug-likeness (QED) is 0.660. The predicted molar refractivity (Wildman–Crippen MR) is 117 cm³/mol. The first kappa shape index (κ1) is 23.7. The lowest BCUT2D eigenvalue weighted by molar-refractivity contribution is -0.141. The number of carbonyl (C=O) groups is 4. The molecule has 8 nitrogen and oxygen atoms in total. The van der Waals surface area contributed by atoms with Gasteiger partial charge < -0.3 is 20.9 Å². The number of amides is 4. The van der Waals surface area contributed by atoms with Crippen LogP contribution in [-0.4, -0.2) is 54.2 Å². The van der Waals surface area contributed by atoms with Gasteiger partial charge in [0.25, 0.3) is 0 Å². The molecule has 0 bridgehead atoms. The maximum absolute atomic E-state index is 13.2. The van der Waals surface area contributed by atoms with Crippen LogP contribution in [0.5, 0.6) is 0 Å². The average molecular weight is 447 g/mol. The van der Waals surface area contributed by atoms with Crippen molar-refractivity contribution in [3.05, 3.63) is 30.1 Å². The Bertz CT molecular complexity index is 867. The minimum absolute atomic E-state index is 0.0363. The van der Waals surface area contributed by atoms with Gasteiger partial charge in [0.2, 0.25) is 23.6 Å². The minimum atomic E-state index is -0.701. The van der Waals surface area contributed by atoms with Crippen LogP contribution in [-0.2, 0) is 19.2 Å². The zero-order valence-electron chi connectivity index (χ0n) is 18.6. The summed E-state index contributed by atoms with van der Waals surface area (Å²) < 4.78 is 13.2. The molecule has 3 atom stereocenters. The van der Waals surface area contributed by atoms with Gasteiger partial charge in [-0.15, -0.1) is 0 Å². The number of rotatable bonds is 7. The van der Waals surface area contributed by atoms with Crippen LogP contribution in [0.2, 0.25) is 0 Å². The van der Waals surface area contributed by atoms with Crippen LogP contribution in [0, 0.1) is 23.6 Å². The molecule has 2 fully saturated rings. The number of nitrogens with zero attached hydrogens (tertiary/aromatic N) is 2. The summed E-state index contributed by atoms with van der Waals surface area (Å²) in [5.41, 5.74) is 5.92. The average Bonchev–Trinajstić information content (AvgIpc) is 3.18. The Morgan fingerprint density at radius 1 is 1.16 bits per heavy atom. The summed E-state index contributed by atoms with van der Waals surface area (Å²) in [5.74, 6) is -2.37. The number of piperidine rings is 1. The highest BCUT2D eigenvalue weighted by molar-refractivity contribution is 6.01. The number of anilines is 1. The molecule has 32 heavy (non-hydrogen) atoms. The summed E-state index contributed by atoms with van der Waals surface area (Å²) >= 11 is 0. The van der Waals surface area contributed by atoms with Crippen molar-refractivity contribution < 1.29 is 23.6 Å². The molecule has 0 radical (unpaired) electrons. The minimum Gasteiger partial charge on any atom is -0.369 e. The SMILES string of the molecule is CCC(C)[C@@H](NC(=O)C1CC(=O)N(c2ccc(F)cc2)C1)C(=O)N1CCC(C(N)=O)CC1. The van der Waals surface area contributed by atoms with Gasteiger partial charge in [-0.05, 0) is 43.0 Å². The van der Waals surface area contributed by atoms with Gasteiger partial charge in [-0.25, -0.2) is 4.39 Å². The van der Waals surface area contributed by atoms with E-state index in [0.717, 1.165) is 0 Å². The van der Waals surface area contributed by atoms with E-state index in [4.69, 9.17) is 5.73 Å². The molecule has 1 aromatic carbocycles. The van der Waals surface area contributed by atoms with E-state index in [2.05, 4.69) is 5.32 Å². The van der Waals surface area contributed by atoms with Gasteiger partial charge in [0, 0.05) is 37.7 Å². The summed E-state index contributed by atoms with van der Waals surface area (Å²) in [7, 11) is 0. The predicted octanol–water partition coefficient (Wildman–Crippen LogP) is 1.43. The van der Waals surface area contributed by atoms with Crippen molar-refractivity contribution >= 4 is 29.3 Å². The molecule has 0 spiro atoms. The van der Waals surface area contributed by atoms with Crippen molar-refractivity contribution in [1.82, 2.24) is 10.2 Å². The van der Waals surface area contributed by atoms with Crippen LogP contribution in [0.15, 0.2) is 24.3 Å². The molecule has 0 aromatic heterocycles. The van der Waals surface area contributed by atoms with Gasteiger partial charge >= 0.3 is 0 Å². The first-order valence-electron chi connectivity index (χ1n) is 11.2. The van der Waals surface area contributed by atoms with Crippen molar-refractivity contribution in [3.63, 3.8) is 0 Å². The molecule has 2 aliphatic rings. The molecule has 3 rings (SSSR count). The third kappa shape index (κ3) is 5.26. The number of carbonyl (C=O) groups excluding carboxylic acids is 4. The Balaban J connectivity index is 1.65. The van der Waals surface area contributed by atoms with E-state index in [1.54, 1.807) is 4.90 Å². The second-order valence-corrected chi connectivity index (χ2v) is 8.76. The summed E-state index contributed by atoms with van der Waals surface area (Å²) in [6.45, 7) is 4.89. The Morgan fingerprint density at radius 3 is 2.34 bits per heavy atom. The van der Waals surface area contributed by atoms with E-state index in [-0.39, 0.29) is 48.4 Å². The number of halogens is 1. The van der Waals surface area contributed by atoms with Gasteiger partial charge in [0.05, 0.1) is 5.92 Å². The molecule has 0 aliphatic carbocycles. The molecule has 2 aliphatic heterocycles. The van der Waals surface area contributed by atoms with Crippen molar-refractivity contribution in [2.75, 3.05) is 24.5 Å². The smallest absolute Gasteiger partial charge is 0.245 e. The standard InChI is InChI=1S/C23H31FN4O4/c1-3-14(2)20(23(32)27-10-8-15(9-11-27)21(25)30)26-22(31)16-12-19(29)28(13-16)18-6-4-17(24)5-7-18/h4-7,14-16,20H,3,8-13H2,1-2H3,(H2,25,30)(H,26,31)/t14?,16?,20-/m1/s1. The van der Waals surface area contributed by atoms with Crippen molar-refractivity contribution in [2.24, 2.45) is 23.5 Å². The molecule has 4 amide bonds. The van der Waals surface area contributed by atoms with Crippen molar-refractivity contribution in [3.8, 4) is 0 Å². The lowest BCUT2D eigenvalue weighted by Gasteiger charge is -2.35. The number of hydrogen-bond acceptors (Lipinski definition) is 4. The van der Waals surface area contributed by atoms with E-state index in [9.17, 15) is 23.6 Å². The van der Waals surface area contributed by atoms with Gasteiger partial charge in [-0.1, -0.05) is 20.3 Å². The highest BCUT2D eigenvalue weighted by Gasteiger charge is 2.39. The largest absolute Gasteiger partial charge is 0.369 e. The van der Waals surface area contributed by atoms with E-state index in [0.29, 0.717) is 38.0 Å². The molecule has 2 heterocycles. The fourth-order valence-corrected chi connectivity index (χ4v) is 4.29. The molecule has 2 saturated heterocycles. The van der Waals surface area contributed by atoms with Gasteiger partial charge in [-0.3, -0.25) is 19.2 Å². The number of likely N-dealkylation sites (tertiary alicyclic amines) is 1. The van der Waals surface area contributed by atoms with E-state index < -0.39 is 17.8 Å². The summed E-state index contributed by atoms with van der Waals surface area (Å²) in [6.07, 6.45) is 1.77. The first-order chi connectivity index (χ1) is 15.2. The topological polar surface area (TPSA) is 113 Å². The zero-order valence-corrected chi connectivity index (χ0v) is 18.6.